The second kappa shape index (κ2) is 7.40. The van der Waals surface area contributed by atoms with E-state index >= 15 is 0 Å². The number of benzene rings is 1. The minimum Gasteiger partial charge on any atom is -0.350 e. The van der Waals surface area contributed by atoms with E-state index in [2.05, 4.69) is 31.3 Å². The highest BCUT2D eigenvalue weighted by atomic mass is 79.9. The van der Waals surface area contributed by atoms with Gasteiger partial charge in [-0.2, -0.15) is 5.10 Å². The maximum atomic E-state index is 12.5. The molecule has 5 nitrogen and oxygen atoms in total. The number of carbonyl (C=O) groups excluding carboxylic acids is 1. The zero-order valence-corrected chi connectivity index (χ0v) is 14.8. The number of aromatic nitrogens is 3. The molecule has 0 radical (unpaired) electrons. The number of rotatable bonds is 5. The molecule has 0 saturated heterocycles. The molecule has 0 atom stereocenters. The molecule has 0 bridgehead atoms. The number of aryl methyl sites for hydroxylation is 1. The first-order valence-electron chi connectivity index (χ1n) is 7.63. The zero-order valence-electron chi connectivity index (χ0n) is 13.2. The van der Waals surface area contributed by atoms with E-state index in [4.69, 9.17) is 0 Å². The van der Waals surface area contributed by atoms with Crippen molar-refractivity contribution in [2.75, 3.05) is 6.54 Å². The molecule has 0 unspecified atom stereocenters. The monoisotopic (exact) mass is 384 g/mol. The Kier molecular flexibility index (Phi) is 5.05. The van der Waals surface area contributed by atoms with Crippen molar-refractivity contribution < 1.29 is 4.79 Å². The summed E-state index contributed by atoms with van der Waals surface area (Å²) < 4.78 is 2.27. The van der Waals surface area contributed by atoms with Crippen LogP contribution < -0.4 is 5.32 Å². The number of pyridine rings is 1. The van der Waals surface area contributed by atoms with Gasteiger partial charge in [-0.1, -0.05) is 17.7 Å². The van der Waals surface area contributed by atoms with Crippen molar-refractivity contribution >= 4 is 21.8 Å². The highest BCUT2D eigenvalue weighted by Crippen LogP contribution is 2.17. The van der Waals surface area contributed by atoms with E-state index in [0.29, 0.717) is 16.8 Å². The summed E-state index contributed by atoms with van der Waals surface area (Å²) in [5.41, 5.74) is 3.65. The second-order valence-electron chi connectivity index (χ2n) is 5.46. The van der Waals surface area contributed by atoms with Gasteiger partial charge in [0.1, 0.15) is 10.3 Å². The Morgan fingerprint density at radius 2 is 1.88 bits per heavy atom. The van der Waals surface area contributed by atoms with Crippen LogP contribution in [-0.4, -0.2) is 27.2 Å². The van der Waals surface area contributed by atoms with Gasteiger partial charge < -0.3 is 5.32 Å². The molecule has 0 aliphatic rings. The molecule has 0 spiro atoms. The first-order valence-corrected chi connectivity index (χ1v) is 8.42. The molecule has 0 saturated carbocycles. The average Bonchev–Trinajstić information content (AvgIpc) is 2.98. The van der Waals surface area contributed by atoms with Crippen LogP contribution in [0.2, 0.25) is 0 Å². The lowest BCUT2D eigenvalue weighted by Gasteiger charge is -2.08. The number of halogens is 1. The third-order valence-corrected chi connectivity index (χ3v) is 4.03. The topological polar surface area (TPSA) is 59.8 Å². The van der Waals surface area contributed by atoms with Gasteiger partial charge in [-0.3, -0.25) is 9.78 Å². The van der Waals surface area contributed by atoms with E-state index in [1.807, 2.05) is 43.3 Å². The fourth-order valence-electron chi connectivity index (χ4n) is 2.36. The maximum Gasteiger partial charge on any atom is 0.270 e. The summed E-state index contributed by atoms with van der Waals surface area (Å²) >= 11 is 3.35. The van der Waals surface area contributed by atoms with Gasteiger partial charge in [0.15, 0.2) is 0 Å². The van der Waals surface area contributed by atoms with Crippen molar-refractivity contribution in [2.45, 2.75) is 13.3 Å². The summed E-state index contributed by atoms with van der Waals surface area (Å²) in [6.45, 7) is 2.58. The molecule has 3 aromatic rings. The van der Waals surface area contributed by atoms with Gasteiger partial charge in [0.2, 0.25) is 0 Å². The van der Waals surface area contributed by atoms with Crippen LogP contribution in [0.15, 0.2) is 59.5 Å². The number of amides is 1. The van der Waals surface area contributed by atoms with Crippen LogP contribution in [0.5, 0.6) is 0 Å². The Balaban J connectivity index is 1.72. The molecule has 0 aliphatic carbocycles. The SMILES string of the molecule is Cc1ccc(-n2nc(Br)cc2C(=O)NCCc2ccncc2)cc1. The van der Waals surface area contributed by atoms with Gasteiger partial charge in [0.25, 0.3) is 5.91 Å². The van der Waals surface area contributed by atoms with Crippen molar-refractivity contribution in [3.8, 4) is 5.69 Å². The van der Waals surface area contributed by atoms with E-state index in [1.54, 1.807) is 23.1 Å². The van der Waals surface area contributed by atoms with Gasteiger partial charge in [0.05, 0.1) is 5.69 Å². The molecule has 2 aromatic heterocycles. The molecular formula is C18H17BrN4O. The Morgan fingerprint density at radius 3 is 2.58 bits per heavy atom. The molecule has 122 valence electrons. The van der Waals surface area contributed by atoms with Gasteiger partial charge in [-0.05, 0) is 59.1 Å². The zero-order chi connectivity index (χ0) is 16.9. The smallest absolute Gasteiger partial charge is 0.270 e. The van der Waals surface area contributed by atoms with Gasteiger partial charge >= 0.3 is 0 Å². The maximum absolute atomic E-state index is 12.5. The molecule has 1 N–H and O–H groups in total. The first kappa shape index (κ1) is 16.4. The molecule has 6 heteroatoms. The van der Waals surface area contributed by atoms with Crippen LogP contribution in [0.3, 0.4) is 0 Å². The van der Waals surface area contributed by atoms with Crippen molar-refractivity contribution in [1.29, 1.82) is 0 Å². The molecule has 0 fully saturated rings. The highest BCUT2D eigenvalue weighted by Gasteiger charge is 2.15. The van der Waals surface area contributed by atoms with Crippen LogP contribution in [0.4, 0.5) is 0 Å². The van der Waals surface area contributed by atoms with Crippen molar-refractivity contribution in [2.24, 2.45) is 0 Å². The number of hydrogen-bond donors (Lipinski definition) is 1. The Labute approximate surface area is 148 Å². The van der Waals surface area contributed by atoms with Crippen LogP contribution in [0.1, 0.15) is 21.6 Å². The number of nitrogens with one attached hydrogen (secondary N) is 1. The lowest BCUT2D eigenvalue weighted by Crippen LogP contribution is -2.27. The van der Waals surface area contributed by atoms with Crippen LogP contribution in [0, 0.1) is 6.92 Å². The first-order chi connectivity index (χ1) is 11.6. The van der Waals surface area contributed by atoms with Crippen molar-refractivity contribution in [3.05, 3.63) is 76.3 Å². The Morgan fingerprint density at radius 1 is 1.17 bits per heavy atom. The summed E-state index contributed by atoms with van der Waals surface area (Å²) in [5, 5.41) is 7.30. The standard InChI is InChI=1S/C18H17BrN4O/c1-13-2-4-15(5-3-13)23-16(12-17(19)22-23)18(24)21-11-8-14-6-9-20-10-7-14/h2-7,9-10,12H,8,11H2,1H3,(H,21,24). The summed E-state index contributed by atoms with van der Waals surface area (Å²) in [7, 11) is 0. The van der Waals surface area contributed by atoms with E-state index < -0.39 is 0 Å². The minimum absolute atomic E-state index is 0.150. The molecule has 1 amide bonds. The fraction of sp³-hybridized carbons (Fsp3) is 0.167. The molecule has 24 heavy (non-hydrogen) atoms. The second-order valence-corrected chi connectivity index (χ2v) is 6.27. The largest absolute Gasteiger partial charge is 0.350 e. The minimum atomic E-state index is -0.150. The van der Waals surface area contributed by atoms with Gasteiger partial charge in [-0.25, -0.2) is 4.68 Å². The van der Waals surface area contributed by atoms with E-state index in [9.17, 15) is 4.79 Å². The predicted octanol–water partition coefficient (Wildman–Crippen LogP) is 3.31. The van der Waals surface area contributed by atoms with E-state index in [0.717, 1.165) is 23.2 Å². The molecular weight excluding hydrogens is 368 g/mol. The number of hydrogen-bond acceptors (Lipinski definition) is 3. The van der Waals surface area contributed by atoms with Crippen LogP contribution in [0.25, 0.3) is 5.69 Å². The summed E-state index contributed by atoms with van der Waals surface area (Å²) in [5.74, 6) is -0.150. The normalized spacial score (nSPS) is 10.6. The molecule has 0 aliphatic heterocycles. The lowest BCUT2D eigenvalue weighted by molar-refractivity contribution is 0.0946. The molecule has 1 aromatic carbocycles. The molecule has 3 rings (SSSR count). The van der Waals surface area contributed by atoms with Crippen LogP contribution in [-0.2, 0) is 6.42 Å². The summed E-state index contributed by atoms with van der Waals surface area (Å²) in [6.07, 6.45) is 4.26. The third kappa shape index (κ3) is 3.89. The van der Waals surface area contributed by atoms with Gasteiger partial charge in [0, 0.05) is 25.0 Å². The van der Waals surface area contributed by atoms with Crippen LogP contribution >= 0.6 is 15.9 Å². The van der Waals surface area contributed by atoms with Gasteiger partial charge in [-0.15, -0.1) is 0 Å². The fourth-order valence-corrected chi connectivity index (χ4v) is 2.73. The average molecular weight is 385 g/mol. The van der Waals surface area contributed by atoms with E-state index in [-0.39, 0.29) is 5.91 Å². The number of nitrogens with zero attached hydrogens (tertiary/aromatic N) is 3. The summed E-state index contributed by atoms with van der Waals surface area (Å²) in [4.78, 5) is 16.5. The van der Waals surface area contributed by atoms with E-state index in [1.165, 1.54) is 0 Å². The number of carbonyl (C=O) groups is 1. The Bertz CT molecular complexity index is 828. The molecule has 2 heterocycles. The van der Waals surface area contributed by atoms with Crippen molar-refractivity contribution in [1.82, 2.24) is 20.1 Å². The predicted molar refractivity (Wildman–Crippen MR) is 96.3 cm³/mol. The highest BCUT2D eigenvalue weighted by molar-refractivity contribution is 9.10. The Hall–Kier alpha value is -2.47. The lowest BCUT2D eigenvalue weighted by atomic mass is 10.2. The third-order valence-electron chi connectivity index (χ3n) is 3.64. The van der Waals surface area contributed by atoms with Crippen molar-refractivity contribution in [3.63, 3.8) is 0 Å². The quantitative estimate of drug-likeness (QED) is 0.733. The summed E-state index contributed by atoms with van der Waals surface area (Å²) in [6, 6.07) is 13.5.